The van der Waals surface area contributed by atoms with Crippen LogP contribution in [0, 0.1) is 6.92 Å². The third-order valence-electron chi connectivity index (χ3n) is 5.56. The van der Waals surface area contributed by atoms with Crippen molar-refractivity contribution in [2.24, 2.45) is 4.99 Å². The van der Waals surface area contributed by atoms with Crippen LogP contribution in [-0.2, 0) is 0 Å². The number of carbonyl (C=O) groups is 1. The van der Waals surface area contributed by atoms with Gasteiger partial charge in [-0.25, -0.2) is 9.78 Å². The molecular weight excluding hydrogens is 527 g/mol. The van der Waals surface area contributed by atoms with Crippen LogP contribution in [0.3, 0.4) is 0 Å². The van der Waals surface area contributed by atoms with Crippen LogP contribution in [0.4, 0.5) is 5.69 Å². The zero-order valence-electron chi connectivity index (χ0n) is 19.9. The van der Waals surface area contributed by atoms with E-state index in [1.807, 2.05) is 24.3 Å². The van der Waals surface area contributed by atoms with Crippen molar-refractivity contribution in [2.75, 3.05) is 7.11 Å². The van der Waals surface area contributed by atoms with Gasteiger partial charge in [-0.05, 0) is 90.8 Å². The van der Waals surface area contributed by atoms with Crippen molar-refractivity contribution in [3.05, 3.63) is 106 Å². The highest BCUT2D eigenvalue weighted by molar-refractivity contribution is 7.21. The summed E-state index contributed by atoms with van der Waals surface area (Å²) in [5.41, 5.74) is 5.07. The highest BCUT2D eigenvalue weighted by Crippen LogP contribution is 2.32. The Bertz CT molecular complexity index is 1650. The van der Waals surface area contributed by atoms with Gasteiger partial charge in [0.15, 0.2) is 11.5 Å². The molecule has 1 heterocycles. The van der Waals surface area contributed by atoms with Crippen LogP contribution in [0.15, 0.2) is 83.9 Å². The second-order valence-electron chi connectivity index (χ2n) is 8.22. The van der Waals surface area contributed by atoms with Crippen molar-refractivity contribution >= 4 is 62.6 Å². The number of ether oxygens (including phenoxy) is 2. The molecule has 0 atom stereocenters. The lowest BCUT2D eigenvalue weighted by atomic mass is 10.2. The Labute approximate surface area is 227 Å². The maximum atomic E-state index is 12.6. The van der Waals surface area contributed by atoms with Crippen LogP contribution < -0.4 is 9.47 Å². The molecule has 0 N–H and O–H groups in total. The molecule has 8 heteroatoms. The summed E-state index contributed by atoms with van der Waals surface area (Å²) < 4.78 is 12.1. The van der Waals surface area contributed by atoms with Gasteiger partial charge in [-0.1, -0.05) is 29.3 Å². The van der Waals surface area contributed by atoms with Gasteiger partial charge in [0.25, 0.3) is 0 Å². The van der Waals surface area contributed by atoms with Crippen LogP contribution in [-0.4, -0.2) is 24.3 Å². The molecule has 184 valence electrons. The number of aromatic nitrogens is 1. The van der Waals surface area contributed by atoms with E-state index in [1.165, 1.54) is 29.5 Å². The highest BCUT2D eigenvalue weighted by atomic mass is 35.5. The van der Waals surface area contributed by atoms with Crippen molar-refractivity contribution in [3.63, 3.8) is 0 Å². The third kappa shape index (κ3) is 5.67. The molecule has 4 aromatic carbocycles. The fourth-order valence-corrected chi connectivity index (χ4v) is 5.21. The molecule has 37 heavy (non-hydrogen) atoms. The summed E-state index contributed by atoms with van der Waals surface area (Å²) in [4.78, 5) is 21.9. The Balaban J connectivity index is 1.30. The van der Waals surface area contributed by atoms with E-state index in [-0.39, 0.29) is 16.3 Å². The molecule has 5 rings (SSSR count). The quantitative estimate of drug-likeness (QED) is 0.121. The minimum absolute atomic E-state index is 0.211. The minimum Gasteiger partial charge on any atom is -0.493 e. The van der Waals surface area contributed by atoms with Gasteiger partial charge in [0.2, 0.25) is 0 Å². The van der Waals surface area contributed by atoms with Crippen LogP contribution >= 0.6 is 34.5 Å². The molecule has 0 aliphatic rings. The molecule has 0 aliphatic heterocycles. The average Bonchev–Trinajstić information content (AvgIpc) is 3.31. The average molecular weight is 547 g/mol. The van der Waals surface area contributed by atoms with Gasteiger partial charge in [0.05, 0.1) is 33.6 Å². The number of esters is 1. The van der Waals surface area contributed by atoms with Crippen LogP contribution in [0.5, 0.6) is 11.5 Å². The lowest BCUT2D eigenvalue weighted by molar-refractivity contribution is 0.0730. The first kappa shape index (κ1) is 25.0. The van der Waals surface area contributed by atoms with Crippen molar-refractivity contribution in [3.8, 4) is 22.1 Å². The predicted molar refractivity (Wildman–Crippen MR) is 151 cm³/mol. The van der Waals surface area contributed by atoms with Gasteiger partial charge in [-0.2, -0.15) is 0 Å². The van der Waals surface area contributed by atoms with E-state index in [0.717, 1.165) is 27.3 Å². The maximum Gasteiger partial charge on any atom is 0.345 e. The second kappa shape index (κ2) is 10.7. The third-order valence-corrected chi connectivity index (χ3v) is 7.18. The standard InChI is InChI=1S/C29H20Cl2N2O3S/c1-17-3-11-24-27(13-17)37-28(33-24)19-5-8-21(9-6-19)32-16-18-4-12-25(26(14-18)35-2)36-29(34)22-10-7-20(30)15-23(22)31/h3-16H,1-2H3. The van der Waals surface area contributed by atoms with E-state index in [2.05, 4.69) is 30.1 Å². The Morgan fingerprint density at radius 3 is 2.51 bits per heavy atom. The molecule has 0 bridgehead atoms. The molecule has 0 spiro atoms. The number of fused-ring (bicyclic) bond motifs is 1. The summed E-state index contributed by atoms with van der Waals surface area (Å²) in [5.74, 6) is 0.0552. The summed E-state index contributed by atoms with van der Waals surface area (Å²) in [5, 5.41) is 1.62. The number of thiazole rings is 1. The first-order valence-corrected chi connectivity index (χ1v) is 12.8. The lowest BCUT2D eigenvalue weighted by Gasteiger charge is -2.10. The van der Waals surface area contributed by atoms with E-state index in [1.54, 1.807) is 41.8 Å². The van der Waals surface area contributed by atoms with Gasteiger partial charge in [-0.15, -0.1) is 11.3 Å². The molecule has 0 saturated heterocycles. The number of halogens is 2. The number of rotatable bonds is 6. The SMILES string of the molecule is COc1cc(C=Nc2ccc(-c3nc4ccc(C)cc4s3)cc2)ccc1OC(=O)c1ccc(Cl)cc1Cl. The first-order chi connectivity index (χ1) is 17.9. The second-order valence-corrected chi connectivity index (χ2v) is 10.1. The number of methoxy groups -OCH3 is 1. The molecule has 5 nitrogen and oxygen atoms in total. The fraction of sp³-hybridized carbons (Fsp3) is 0.0690. The van der Waals surface area contributed by atoms with Gasteiger partial charge in [0.1, 0.15) is 5.01 Å². The molecule has 0 saturated carbocycles. The Hall–Kier alpha value is -3.71. The molecule has 5 aromatic rings. The summed E-state index contributed by atoms with van der Waals surface area (Å²) in [6.07, 6.45) is 1.72. The fourth-order valence-electron chi connectivity index (χ4n) is 3.65. The summed E-state index contributed by atoms with van der Waals surface area (Å²) in [6.45, 7) is 2.08. The molecule has 1 aromatic heterocycles. The summed E-state index contributed by atoms with van der Waals surface area (Å²) in [7, 11) is 1.50. The number of aryl methyl sites for hydroxylation is 1. The van der Waals surface area contributed by atoms with E-state index >= 15 is 0 Å². The monoisotopic (exact) mass is 546 g/mol. The van der Waals surface area contributed by atoms with Crippen LogP contribution in [0.2, 0.25) is 10.0 Å². The largest absolute Gasteiger partial charge is 0.493 e. The topological polar surface area (TPSA) is 60.8 Å². The number of carbonyl (C=O) groups excluding carboxylic acids is 1. The summed E-state index contributed by atoms with van der Waals surface area (Å²) >= 11 is 13.7. The smallest absolute Gasteiger partial charge is 0.345 e. The lowest BCUT2D eigenvalue weighted by Crippen LogP contribution is -2.10. The van der Waals surface area contributed by atoms with E-state index in [4.69, 9.17) is 37.7 Å². The van der Waals surface area contributed by atoms with Crippen LogP contribution in [0.25, 0.3) is 20.8 Å². The Morgan fingerprint density at radius 1 is 0.946 bits per heavy atom. The molecule has 0 radical (unpaired) electrons. The number of aliphatic imine (C=N–C) groups is 1. The molecule has 0 aliphatic carbocycles. The number of hydrogen-bond acceptors (Lipinski definition) is 6. The van der Waals surface area contributed by atoms with E-state index in [9.17, 15) is 4.79 Å². The maximum absolute atomic E-state index is 12.6. The van der Waals surface area contributed by atoms with Crippen molar-refractivity contribution in [1.82, 2.24) is 4.98 Å². The number of hydrogen-bond donors (Lipinski definition) is 0. The molecule has 0 unspecified atom stereocenters. The predicted octanol–water partition coefficient (Wildman–Crippen LogP) is 8.56. The number of nitrogens with zero attached hydrogens (tertiary/aromatic N) is 2. The van der Waals surface area contributed by atoms with Crippen LogP contribution in [0.1, 0.15) is 21.5 Å². The molecule has 0 fully saturated rings. The van der Waals surface area contributed by atoms with E-state index < -0.39 is 5.97 Å². The van der Waals surface area contributed by atoms with Gasteiger partial charge in [-0.3, -0.25) is 4.99 Å². The minimum atomic E-state index is -0.607. The van der Waals surface area contributed by atoms with Crippen molar-refractivity contribution in [2.45, 2.75) is 6.92 Å². The Kier molecular flexibility index (Phi) is 7.24. The van der Waals surface area contributed by atoms with E-state index in [0.29, 0.717) is 10.8 Å². The normalized spacial score (nSPS) is 11.2. The van der Waals surface area contributed by atoms with Crippen molar-refractivity contribution < 1.29 is 14.3 Å². The molecule has 0 amide bonds. The zero-order chi connectivity index (χ0) is 25.9. The Morgan fingerprint density at radius 2 is 1.76 bits per heavy atom. The van der Waals surface area contributed by atoms with Crippen molar-refractivity contribution in [1.29, 1.82) is 0 Å². The summed E-state index contributed by atoms with van der Waals surface area (Å²) in [6, 6.07) is 24.0. The highest BCUT2D eigenvalue weighted by Gasteiger charge is 2.16. The zero-order valence-corrected chi connectivity index (χ0v) is 22.2. The van der Waals surface area contributed by atoms with Gasteiger partial charge < -0.3 is 9.47 Å². The van der Waals surface area contributed by atoms with Gasteiger partial charge >= 0.3 is 5.97 Å². The van der Waals surface area contributed by atoms with Gasteiger partial charge in [0, 0.05) is 16.8 Å². The first-order valence-electron chi connectivity index (χ1n) is 11.3. The number of benzene rings is 4. The molecular formula is C29H20Cl2N2O3S.